The monoisotopic (exact) mass is 437 g/mol. The quantitative estimate of drug-likeness (QED) is 0.442. The molecule has 1 N–H and O–H groups in total. The van der Waals surface area contributed by atoms with Crippen molar-refractivity contribution in [2.45, 2.75) is 19.3 Å². The Balaban J connectivity index is 1.27. The lowest BCUT2D eigenvalue weighted by Crippen LogP contribution is -2.28. The van der Waals surface area contributed by atoms with Gasteiger partial charge < -0.3 is 9.72 Å². The number of imidazole rings is 1. The smallest absolute Gasteiger partial charge is 0.338 e. The van der Waals surface area contributed by atoms with Crippen LogP contribution < -0.4 is 4.90 Å². The lowest BCUT2D eigenvalue weighted by atomic mass is 10.0. The zero-order valence-corrected chi connectivity index (χ0v) is 18.0. The molecule has 0 fully saturated rings. The number of aryl methyl sites for hydroxylation is 2. The van der Waals surface area contributed by atoms with E-state index in [2.05, 4.69) is 22.1 Å². The van der Waals surface area contributed by atoms with Gasteiger partial charge in [0.1, 0.15) is 12.4 Å². The Kier molecular flexibility index (Phi) is 5.72. The maximum atomic E-state index is 13.3. The molecule has 0 saturated carbocycles. The van der Waals surface area contributed by atoms with Crippen LogP contribution in [0.15, 0.2) is 85.2 Å². The third-order valence-corrected chi connectivity index (χ3v) is 5.82. The fourth-order valence-corrected chi connectivity index (χ4v) is 4.16. The highest BCUT2D eigenvalue weighted by molar-refractivity contribution is 6.02. The van der Waals surface area contributed by atoms with Crippen molar-refractivity contribution in [3.8, 4) is 11.4 Å². The zero-order chi connectivity index (χ0) is 22.6. The maximum absolute atomic E-state index is 13.3. The van der Waals surface area contributed by atoms with E-state index in [1.807, 2.05) is 48.5 Å². The van der Waals surface area contributed by atoms with Crippen LogP contribution in [0.5, 0.6) is 0 Å². The minimum Gasteiger partial charge on any atom is -0.462 e. The first kappa shape index (κ1) is 20.7. The fourth-order valence-electron chi connectivity index (χ4n) is 4.16. The number of hydrogen-bond acceptors (Lipinski definition) is 4. The number of nitrogens with one attached hydrogen (secondary N) is 1. The van der Waals surface area contributed by atoms with Gasteiger partial charge in [-0.15, -0.1) is 0 Å². The standard InChI is InChI=1S/C27H23N3O3/c31-25(15-18-33-27(32)22-13-11-21(12-14-22)26-28-16-17-29-26)30-23-7-3-1-5-19(23)9-10-20-6-2-4-8-24(20)30/h1-8,11-14,16-17H,9-10,15,18H2,(H,28,29). The van der Waals surface area contributed by atoms with E-state index in [-0.39, 0.29) is 18.9 Å². The van der Waals surface area contributed by atoms with Crippen molar-refractivity contribution in [3.05, 3.63) is 102 Å². The Morgan fingerprint density at radius 3 is 2.12 bits per heavy atom. The first-order chi connectivity index (χ1) is 16.2. The predicted molar refractivity (Wildman–Crippen MR) is 126 cm³/mol. The van der Waals surface area contributed by atoms with Gasteiger partial charge in [0.25, 0.3) is 0 Å². The number of aromatic amines is 1. The van der Waals surface area contributed by atoms with Gasteiger partial charge in [0.05, 0.1) is 23.4 Å². The molecule has 0 radical (unpaired) electrons. The van der Waals surface area contributed by atoms with Gasteiger partial charge in [0, 0.05) is 18.0 Å². The maximum Gasteiger partial charge on any atom is 0.338 e. The van der Waals surface area contributed by atoms with Gasteiger partial charge in [0.2, 0.25) is 5.91 Å². The average molecular weight is 437 g/mol. The van der Waals surface area contributed by atoms with E-state index in [9.17, 15) is 9.59 Å². The minimum atomic E-state index is -0.453. The van der Waals surface area contributed by atoms with Gasteiger partial charge in [-0.3, -0.25) is 9.69 Å². The molecule has 0 saturated heterocycles. The van der Waals surface area contributed by atoms with E-state index in [0.717, 1.165) is 46.7 Å². The summed E-state index contributed by atoms with van der Waals surface area (Å²) in [6.45, 7) is 0.0123. The number of anilines is 2. The molecule has 0 unspecified atom stereocenters. The molecule has 3 aromatic carbocycles. The Labute approximate surface area is 191 Å². The summed E-state index contributed by atoms with van der Waals surface area (Å²) < 4.78 is 5.42. The van der Waals surface area contributed by atoms with Crippen molar-refractivity contribution in [1.82, 2.24) is 9.97 Å². The van der Waals surface area contributed by atoms with Crippen molar-refractivity contribution in [2.75, 3.05) is 11.5 Å². The third-order valence-electron chi connectivity index (χ3n) is 5.82. The number of ether oxygens (including phenoxy) is 1. The van der Waals surface area contributed by atoms with Crippen LogP contribution in [0.1, 0.15) is 27.9 Å². The molecule has 6 heteroatoms. The second-order valence-corrected chi connectivity index (χ2v) is 7.89. The lowest BCUT2D eigenvalue weighted by molar-refractivity contribution is -0.118. The van der Waals surface area contributed by atoms with Gasteiger partial charge in [-0.2, -0.15) is 0 Å². The van der Waals surface area contributed by atoms with Crippen LogP contribution in [0.2, 0.25) is 0 Å². The summed E-state index contributed by atoms with van der Waals surface area (Å²) in [6, 6.07) is 23.0. The van der Waals surface area contributed by atoms with E-state index in [1.165, 1.54) is 0 Å². The van der Waals surface area contributed by atoms with Crippen molar-refractivity contribution < 1.29 is 14.3 Å². The molecule has 1 aromatic heterocycles. The first-order valence-corrected chi connectivity index (χ1v) is 11.0. The number of H-pyrrole nitrogens is 1. The highest BCUT2D eigenvalue weighted by atomic mass is 16.5. The topological polar surface area (TPSA) is 75.3 Å². The molecule has 1 amide bonds. The molecular weight excluding hydrogens is 414 g/mol. The first-order valence-electron chi connectivity index (χ1n) is 11.0. The molecule has 6 nitrogen and oxygen atoms in total. The number of aromatic nitrogens is 2. The molecular formula is C27H23N3O3. The molecule has 2 heterocycles. The van der Waals surface area contributed by atoms with Gasteiger partial charge >= 0.3 is 5.97 Å². The summed E-state index contributed by atoms with van der Waals surface area (Å²) in [5.41, 5.74) is 5.37. The number of nitrogens with zero attached hydrogens (tertiary/aromatic N) is 2. The van der Waals surface area contributed by atoms with E-state index in [0.29, 0.717) is 5.56 Å². The highest BCUT2D eigenvalue weighted by Crippen LogP contribution is 2.36. The van der Waals surface area contributed by atoms with Crippen LogP contribution in [-0.4, -0.2) is 28.5 Å². The number of para-hydroxylation sites is 2. The summed E-state index contributed by atoms with van der Waals surface area (Å²) in [6.07, 6.45) is 5.27. The van der Waals surface area contributed by atoms with E-state index in [4.69, 9.17) is 4.74 Å². The van der Waals surface area contributed by atoms with Crippen molar-refractivity contribution >= 4 is 23.3 Å². The summed E-state index contributed by atoms with van der Waals surface area (Å²) in [4.78, 5) is 34.8. The van der Waals surface area contributed by atoms with Gasteiger partial charge in [-0.1, -0.05) is 48.5 Å². The van der Waals surface area contributed by atoms with Crippen LogP contribution >= 0.6 is 0 Å². The Morgan fingerprint density at radius 2 is 1.52 bits per heavy atom. The average Bonchev–Trinajstić information content (AvgIpc) is 3.34. The molecule has 5 rings (SSSR count). The molecule has 1 aliphatic heterocycles. The van der Waals surface area contributed by atoms with E-state index in [1.54, 1.807) is 29.4 Å². The number of amides is 1. The zero-order valence-electron chi connectivity index (χ0n) is 18.0. The fraction of sp³-hybridized carbons (Fsp3) is 0.148. The van der Waals surface area contributed by atoms with Gasteiger partial charge in [0.15, 0.2) is 0 Å². The number of fused-ring (bicyclic) bond motifs is 2. The van der Waals surface area contributed by atoms with Crippen LogP contribution in [0.3, 0.4) is 0 Å². The molecule has 0 bridgehead atoms. The van der Waals surface area contributed by atoms with Gasteiger partial charge in [-0.05, 0) is 48.2 Å². The molecule has 164 valence electrons. The second-order valence-electron chi connectivity index (χ2n) is 7.89. The number of rotatable bonds is 5. The SMILES string of the molecule is O=C(OCCC(=O)N1c2ccccc2CCc2ccccc21)c1ccc(-c2ncc[nH]2)cc1. The minimum absolute atomic E-state index is 0.0123. The lowest BCUT2D eigenvalue weighted by Gasteiger charge is -2.25. The summed E-state index contributed by atoms with van der Waals surface area (Å²) in [5, 5.41) is 0. The molecule has 0 aliphatic carbocycles. The molecule has 1 aliphatic rings. The Hall–Kier alpha value is -4.19. The Morgan fingerprint density at radius 1 is 0.879 bits per heavy atom. The normalized spacial score (nSPS) is 12.4. The summed E-state index contributed by atoms with van der Waals surface area (Å²) in [5.74, 6) is 0.182. The van der Waals surface area contributed by atoms with Gasteiger partial charge in [-0.25, -0.2) is 9.78 Å². The van der Waals surface area contributed by atoms with E-state index >= 15 is 0 Å². The summed E-state index contributed by atoms with van der Waals surface area (Å²) in [7, 11) is 0. The molecule has 33 heavy (non-hydrogen) atoms. The van der Waals surface area contributed by atoms with Crippen molar-refractivity contribution in [1.29, 1.82) is 0 Å². The van der Waals surface area contributed by atoms with Crippen molar-refractivity contribution in [2.24, 2.45) is 0 Å². The number of carbonyl (C=O) groups is 2. The number of benzene rings is 3. The van der Waals surface area contributed by atoms with Crippen LogP contribution in [0.4, 0.5) is 11.4 Å². The number of hydrogen-bond donors (Lipinski definition) is 1. The predicted octanol–water partition coefficient (Wildman–Crippen LogP) is 5.09. The molecule has 0 atom stereocenters. The second kappa shape index (κ2) is 9.12. The Bertz CT molecular complexity index is 1230. The van der Waals surface area contributed by atoms with Crippen molar-refractivity contribution in [3.63, 3.8) is 0 Å². The largest absolute Gasteiger partial charge is 0.462 e. The van der Waals surface area contributed by atoms with Crippen LogP contribution in [0, 0.1) is 0 Å². The molecule has 0 spiro atoms. The van der Waals surface area contributed by atoms with Crippen LogP contribution in [0.25, 0.3) is 11.4 Å². The van der Waals surface area contributed by atoms with E-state index < -0.39 is 5.97 Å². The van der Waals surface area contributed by atoms with Crippen LogP contribution in [-0.2, 0) is 22.4 Å². The number of esters is 1. The molecule has 4 aromatic rings. The third kappa shape index (κ3) is 4.28. The summed E-state index contributed by atoms with van der Waals surface area (Å²) >= 11 is 0. The number of carbonyl (C=O) groups excluding carboxylic acids is 2. The highest BCUT2D eigenvalue weighted by Gasteiger charge is 2.25.